The molecular formula is C17H10O3. The highest BCUT2D eigenvalue weighted by Gasteiger charge is 2.26. The molecule has 3 heteroatoms. The topological polar surface area (TPSA) is 57.5 Å². The molecule has 20 heavy (non-hydrogen) atoms. The molecule has 1 aliphatic rings. The second-order valence-corrected chi connectivity index (χ2v) is 4.92. The van der Waals surface area contributed by atoms with Crippen LogP contribution < -0.4 is 0 Å². The van der Waals surface area contributed by atoms with E-state index >= 15 is 0 Å². The monoisotopic (exact) mass is 262 g/mol. The minimum Gasteiger partial charge on any atom is -0.508 e. The van der Waals surface area contributed by atoms with E-state index in [9.17, 15) is 15.0 Å². The summed E-state index contributed by atoms with van der Waals surface area (Å²) in [5.74, 6) is 0.117. The number of ketones is 1. The number of rotatable bonds is 0. The van der Waals surface area contributed by atoms with Crippen molar-refractivity contribution in [1.29, 1.82) is 0 Å². The van der Waals surface area contributed by atoms with Gasteiger partial charge in [0.15, 0.2) is 5.78 Å². The molecule has 0 heterocycles. The summed E-state index contributed by atoms with van der Waals surface area (Å²) in [6.07, 6.45) is 0. The first-order valence-electron chi connectivity index (χ1n) is 6.29. The van der Waals surface area contributed by atoms with Crippen molar-refractivity contribution in [3.05, 3.63) is 59.7 Å². The maximum Gasteiger partial charge on any atom is 0.194 e. The zero-order valence-electron chi connectivity index (χ0n) is 10.4. The normalized spacial score (nSPS) is 12.5. The number of aromatic hydroxyl groups is 2. The molecule has 0 unspecified atom stereocenters. The maximum atomic E-state index is 12.6. The minimum absolute atomic E-state index is 0.0755. The summed E-state index contributed by atoms with van der Waals surface area (Å²) < 4.78 is 0. The van der Waals surface area contributed by atoms with Crippen molar-refractivity contribution in [2.45, 2.75) is 0 Å². The minimum atomic E-state index is -0.125. The molecular weight excluding hydrogens is 252 g/mol. The van der Waals surface area contributed by atoms with E-state index in [1.807, 2.05) is 6.07 Å². The Morgan fingerprint density at radius 3 is 2.40 bits per heavy atom. The quantitative estimate of drug-likeness (QED) is 0.510. The lowest BCUT2D eigenvalue weighted by Crippen LogP contribution is -2.09. The fourth-order valence-electron chi connectivity index (χ4n) is 2.91. The third-order valence-electron chi connectivity index (χ3n) is 3.80. The summed E-state index contributed by atoms with van der Waals surface area (Å²) in [6.45, 7) is 0. The summed E-state index contributed by atoms with van der Waals surface area (Å²) in [6, 6.07) is 13.6. The lowest BCUT2D eigenvalue weighted by atomic mass is 9.82. The van der Waals surface area contributed by atoms with E-state index in [-0.39, 0.29) is 17.3 Å². The van der Waals surface area contributed by atoms with Crippen LogP contribution in [0, 0.1) is 0 Å². The largest absolute Gasteiger partial charge is 0.508 e. The predicted octanol–water partition coefficient (Wildman–Crippen LogP) is 3.46. The summed E-state index contributed by atoms with van der Waals surface area (Å²) >= 11 is 0. The van der Waals surface area contributed by atoms with Crippen molar-refractivity contribution in [3.8, 4) is 22.6 Å². The molecule has 0 aliphatic heterocycles. The number of fused-ring (bicyclic) bond motifs is 2. The van der Waals surface area contributed by atoms with Gasteiger partial charge in [-0.1, -0.05) is 24.3 Å². The van der Waals surface area contributed by atoms with E-state index in [1.165, 1.54) is 6.07 Å². The summed E-state index contributed by atoms with van der Waals surface area (Å²) in [4.78, 5) is 12.6. The second-order valence-electron chi connectivity index (χ2n) is 4.92. The third-order valence-corrected chi connectivity index (χ3v) is 3.80. The van der Waals surface area contributed by atoms with Gasteiger partial charge in [-0.2, -0.15) is 0 Å². The Kier molecular flexibility index (Phi) is 1.99. The molecule has 2 N–H and O–H groups in total. The van der Waals surface area contributed by atoms with E-state index in [2.05, 4.69) is 0 Å². The molecule has 0 bridgehead atoms. The fourth-order valence-corrected chi connectivity index (χ4v) is 2.91. The van der Waals surface area contributed by atoms with Gasteiger partial charge >= 0.3 is 0 Å². The van der Waals surface area contributed by atoms with Gasteiger partial charge in [0.25, 0.3) is 0 Å². The Morgan fingerprint density at radius 2 is 1.55 bits per heavy atom. The van der Waals surface area contributed by atoms with Crippen LogP contribution >= 0.6 is 0 Å². The molecule has 3 aromatic rings. The Labute approximate surface area is 114 Å². The first-order chi connectivity index (χ1) is 9.66. The third kappa shape index (κ3) is 1.26. The van der Waals surface area contributed by atoms with Gasteiger partial charge < -0.3 is 10.2 Å². The number of carbonyl (C=O) groups excluding carboxylic acids is 1. The average Bonchev–Trinajstić information content (AvgIpc) is 2.46. The fraction of sp³-hybridized carbons (Fsp3) is 0. The van der Waals surface area contributed by atoms with E-state index in [0.29, 0.717) is 16.5 Å². The Morgan fingerprint density at radius 1 is 0.750 bits per heavy atom. The van der Waals surface area contributed by atoms with E-state index < -0.39 is 0 Å². The maximum absolute atomic E-state index is 12.6. The number of hydrogen-bond acceptors (Lipinski definition) is 3. The van der Waals surface area contributed by atoms with Crippen LogP contribution in [0.3, 0.4) is 0 Å². The van der Waals surface area contributed by atoms with Crippen molar-refractivity contribution >= 4 is 16.6 Å². The first kappa shape index (κ1) is 11.1. The van der Waals surface area contributed by atoms with Crippen molar-refractivity contribution in [1.82, 2.24) is 0 Å². The average molecular weight is 262 g/mol. The van der Waals surface area contributed by atoms with Crippen molar-refractivity contribution in [3.63, 3.8) is 0 Å². The molecule has 0 fully saturated rings. The molecule has 0 atom stereocenters. The van der Waals surface area contributed by atoms with Crippen molar-refractivity contribution in [2.24, 2.45) is 0 Å². The molecule has 96 valence electrons. The van der Waals surface area contributed by atoms with Gasteiger partial charge in [0, 0.05) is 21.9 Å². The standard InChI is InChI=1S/C17H10O3/c18-9-4-5-10-11-6-7-15(19)12-2-1-3-13(16(11)12)17(20)14(10)8-9/h1-8,18-19H. The number of phenolic OH excluding ortho intramolecular Hbond substituents is 2. The summed E-state index contributed by atoms with van der Waals surface area (Å²) in [5.41, 5.74) is 2.75. The summed E-state index contributed by atoms with van der Waals surface area (Å²) in [5, 5.41) is 21.0. The highest BCUT2D eigenvalue weighted by molar-refractivity contribution is 6.26. The highest BCUT2D eigenvalue weighted by Crippen LogP contribution is 2.42. The number of hydrogen-bond donors (Lipinski definition) is 2. The molecule has 1 aliphatic carbocycles. The second kappa shape index (κ2) is 3.61. The van der Waals surface area contributed by atoms with Gasteiger partial charge in [-0.15, -0.1) is 0 Å². The molecule has 0 radical (unpaired) electrons. The number of carbonyl (C=O) groups is 1. The van der Waals surface area contributed by atoms with E-state index in [4.69, 9.17) is 0 Å². The molecule has 0 saturated carbocycles. The molecule has 4 rings (SSSR count). The van der Waals surface area contributed by atoms with Gasteiger partial charge in [0.2, 0.25) is 0 Å². The van der Waals surface area contributed by atoms with Gasteiger partial charge in [-0.3, -0.25) is 4.79 Å². The van der Waals surface area contributed by atoms with Crippen LogP contribution in [-0.2, 0) is 0 Å². The van der Waals surface area contributed by atoms with Crippen LogP contribution in [0.4, 0.5) is 0 Å². The number of phenols is 2. The van der Waals surface area contributed by atoms with E-state index in [0.717, 1.165) is 16.5 Å². The molecule has 0 amide bonds. The van der Waals surface area contributed by atoms with Gasteiger partial charge in [0.1, 0.15) is 11.5 Å². The molecule has 0 spiro atoms. The van der Waals surface area contributed by atoms with Crippen LogP contribution in [0.15, 0.2) is 48.5 Å². The number of benzene rings is 3. The van der Waals surface area contributed by atoms with Crippen LogP contribution in [0.25, 0.3) is 21.9 Å². The smallest absolute Gasteiger partial charge is 0.194 e. The Bertz CT molecular complexity index is 894. The zero-order valence-corrected chi connectivity index (χ0v) is 10.4. The SMILES string of the molecule is O=C1c2cc(O)ccc2-c2ccc(O)c3cccc1c23. The predicted molar refractivity (Wildman–Crippen MR) is 76.1 cm³/mol. The Hall–Kier alpha value is -2.81. The Balaban J connectivity index is 2.24. The molecule has 3 aromatic carbocycles. The van der Waals surface area contributed by atoms with Gasteiger partial charge in [0.05, 0.1) is 0 Å². The highest BCUT2D eigenvalue weighted by atomic mass is 16.3. The molecule has 0 saturated heterocycles. The van der Waals surface area contributed by atoms with E-state index in [1.54, 1.807) is 36.4 Å². The molecule has 3 nitrogen and oxygen atoms in total. The zero-order chi connectivity index (χ0) is 13.9. The lowest BCUT2D eigenvalue weighted by molar-refractivity contribution is 0.104. The van der Waals surface area contributed by atoms with Crippen molar-refractivity contribution in [2.75, 3.05) is 0 Å². The van der Waals surface area contributed by atoms with Crippen LogP contribution in [0.2, 0.25) is 0 Å². The lowest BCUT2D eigenvalue weighted by Gasteiger charge is -2.20. The van der Waals surface area contributed by atoms with Gasteiger partial charge in [-0.25, -0.2) is 0 Å². The van der Waals surface area contributed by atoms with Crippen LogP contribution in [-0.4, -0.2) is 16.0 Å². The van der Waals surface area contributed by atoms with Gasteiger partial charge in [-0.05, 0) is 35.4 Å². The molecule has 0 aromatic heterocycles. The van der Waals surface area contributed by atoms with Crippen LogP contribution in [0.5, 0.6) is 11.5 Å². The van der Waals surface area contributed by atoms with Crippen LogP contribution in [0.1, 0.15) is 15.9 Å². The summed E-state index contributed by atoms with van der Waals surface area (Å²) in [7, 11) is 0. The van der Waals surface area contributed by atoms with Crippen molar-refractivity contribution < 1.29 is 15.0 Å². The first-order valence-corrected chi connectivity index (χ1v) is 6.29.